The molecule has 0 aliphatic carbocycles. The molecular formula is C16H25N3O. The van der Waals surface area contributed by atoms with Crippen LogP contribution in [-0.2, 0) is 6.54 Å². The van der Waals surface area contributed by atoms with Gasteiger partial charge in [-0.25, -0.2) is 0 Å². The second-order valence-electron chi connectivity index (χ2n) is 6.15. The fraction of sp³-hybridized carbons (Fsp3) is 0.625. The second kappa shape index (κ2) is 5.62. The molecular weight excluding hydrogens is 250 g/mol. The molecule has 2 aliphatic heterocycles. The van der Waals surface area contributed by atoms with Crippen LogP contribution in [0.1, 0.15) is 24.8 Å². The standard InChI is InChI=1S/C16H25N3O/c1-18-14-5-6-15(18)11-19(8-7-14)10-12-3-4-13(17)9-16(12)20-2/h3-4,9,14-15H,5-8,10-11,17H2,1-2H3. The largest absolute Gasteiger partial charge is 0.496 e. The molecule has 0 aromatic heterocycles. The third-order valence-electron chi connectivity index (χ3n) is 4.94. The van der Waals surface area contributed by atoms with Crippen LogP contribution in [0.2, 0.25) is 0 Å². The van der Waals surface area contributed by atoms with E-state index in [4.69, 9.17) is 10.5 Å². The van der Waals surface area contributed by atoms with Crippen molar-refractivity contribution in [1.82, 2.24) is 9.80 Å². The SMILES string of the molecule is COc1cc(N)ccc1CN1CCC2CCC(C1)N2C. The minimum absolute atomic E-state index is 0.724. The van der Waals surface area contributed by atoms with Gasteiger partial charge in [0.05, 0.1) is 7.11 Å². The van der Waals surface area contributed by atoms with E-state index in [-0.39, 0.29) is 0 Å². The monoisotopic (exact) mass is 275 g/mol. The highest BCUT2D eigenvalue weighted by molar-refractivity contribution is 5.48. The summed E-state index contributed by atoms with van der Waals surface area (Å²) in [4.78, 5) is 5.15. The highest BCUT2D eigenvalue weighted by Crippen LogP contribution is 2.30. The van der Waals surface area contributed by atoms with Crippen LogP contribution in [0.5, 0.6) is 5.75 Å². The number of rotatable bonds is 3. The maximum Gasteiger partial charge on any atom is 0.125 e. The number of anilines is 1. The predicted molar refractivity (Wildman–Crippen MR) is 81.9 cm³/mol. The van der Waals surface area contributed by atoms with Crippen LogP contribution in [0, 0.1) is 0 Å². The molecule has 0 saturated carbocycles. The molecule has 2 atom stereocenters. The molecule has 3 rings (SSSR count). The topological polar surface area (TPSA) is 41.7 Å². The Balaban J connectivity index is 1.72. The quantitative estimate of drug-likeness (QED) is 0.856. The number of likely N-dealkylation sites (tertiary alicyclic amines) is 1. The minimum Gasteiger partial charge on any atom is -0.496 e. The van der Waals surface area contributed by atoms with Crippen molar-refractivity contribution in [2.24, 2.45) is 0 Å². The molecule has 1 aromatic rings. The Bertz CT molecular complexity index is 477. The fourth-order valence-electron chi connectivity index (χ4n) is 3.66. The van der Waals surface area contributed by atoms with E-state index in [9.17, 15) is 0 Å². The first-order chi connectivity index (χ1) is 9.67. The van der Waals surface area contributed by atoms with E-state index in [1.165, 1.54) is 37.9 Å². The third-order valence-corrected chi connectivity index (χ3v) is 4.94. The van der Waals surface area contributed by atoms with E-state index < -0.39 is 0 Å². The molecule has 20 heavy (non-hydrogen) atoms. The molecule has 2 aliphatic rings. The van der Waals surface area contributed by atoms with Gasteiger partial charge in [-0.1, -0.05) is 6.07 Å². The van der Waals surface area contributed by atoms with Gasteiger partial charge in [0.25, 0.3) is 0 Å². The van der Waals surface area contributed by atoms with Crippen LogP contribution in [0.15, 0.2) is 18.2 Å². The molecule has 0 amide bonds. The predicted octanol–water partition coefficient (Wildman–Crippen LogP) is 1.95. The van der Waals surface area contributed by atoms with Gasteiger partial charge in [0.1, 0.15) is 5.75 Å². The first kappa shape index (κ1) is 13.7. The lowest BCUT2D eigenvalue weighted by molar-refractivity contribution is 0.213. The molecule has 2 bridgehead atoms. The molecule has 0 radical (unpaired) electrons. The van der Waals surface area contributed by atoms with Gasteiger partial charge in [-0.2, -0.15) is 0 Å². The summed E-state index contributed by atoms with van der Waals surface area (Å²) in [5.41, 5.74) is 7.83. The lowest BCUT2D eigenvalue weighted by atomic mass is 10.1. The smallest absolute Gasteiger partial charge is 0.125 e. The number of hydrogen-bond acceptors (Lipinski definition) is 4. The number of fused-ring (bicyclic) bond motifs is 2. The second-order valence-corrected chi connectivity index (χ2v) is 6.15. The van der Waals surface area contributed by atoms with E-state index in [0.717, 1.165) is 30.1 Å². The van der Waals surface area contributed by atoms with Crippen molar-refractivity contribution in [1.29, 1.82) is 0 Å². The first-order valence-corrected chi connectivity index (χ1v) is 7.54. The Morgan fingerprint density at radius 2 is 2.05 bits per heavy atom. The maximum absolute atomic E-state index is 5.83. The number of ether oxygens (including phenoxy) is 1. The van der Waals surface area contributed by atoms with Crippen molar-refractivity contribution in [3.8, 4) is 5.75 Å². The maximum atomic E-state index is 5.83. The molecule has 2 N–H and O–H groups in total. The summed E-state index contributed by atoms with van der Waals surface area (Å²) in [6.07, 6.45) is 4.00. The number of likely N-dealkylation sites (N-methyl/N-ethyl adjacent to an activating group) is 1. The van der Waals surface area contributed by atoms with E-state index in [1.807, 2.05) is 12.1 Å². The zero-order valence-corrected chi connectivity index (χ0v) is 12.5. The summed E-state index contributed by atoms with van der Waals surface area (Å²) in [5.74, 6) is 0.910. The van der Waals surface area contributed by atoms with Crippen LogP contribution < -0.4 is 10.5 Å². The number of nitrogens with two attached hydrogens (primary N) is 1. The highest BCUT2D eigenvalue weighted by atomic mass is 16.5. The van der Waals surface area contributed by atoms with Gasteiger partial charge in [-0.05, 0) is 32.4 Å². The Morgan fingerprint density at radius 1 is 1.25 bits per heavy atom. The summed E-state index contributed by atoms with van der Waals surface area (Å²) in [5, 5.41) is 0. The molecule has 110 valence electrons. The summed E-state index contributed by atoms with van der Waals surface area (Å²) in [7, 11) is 4.01. The van der Waals surface area contributed by atoms with Crippen LogP contribution in [0.4, 0.5) is 5.69 Å². The highest BCUT2D eigenvalue weighted by Gasteiger charge is 2.34. The molecule has 2 heterocycles. The number of benzene rings is 1. The molecule has 4 nitrogen and oxygen atoms in total. The molecule has 4 heteroatoms. The van der Waals surface area contributed by atoms with Gasteiger partial charge in [-0.3, -0.25) is 9.80 Å². The molecule has 1 aromatic carbocycles. The summed E-state index contributed by atoms with van der Waals surface area (Å²) < 4.78 is 5.46. The average molecular weight is 275 g/mol. The van der Waals surface area contributed by atoms with Gasteiger partial charge in [0, 0.05) is 49.0 Å². The van der Waals surface area contributed by atoms with Crippen molar-refractivity contribution in [3.63, 3.8) is 0 Å². The van der Waals surface area contributed by atoms with E-state index in [0.29, 0.717) is 0 Å². The van der Waals surface area contributed by atoms with Gasteiger partial charge >= 0.3 is 0 Å². The van der Waals surface area contributed by atoms with Crippen molar-refractivity contribution in [2.45, 2.75) is 37.9 Å². The Kier molecular flexibility index (Phi) is 3.85. The number of nitrogens with zero attached hydrogens (tertiary/aromatic N) is 2. The summed E-state index contributed by atoms with van der Waals surface area (Å²) in [6, 6.07) is 7.50. The van der Waals surface area contributed by atoms with Gasteiger partial charge in [0.15, 0.2) is 0 Å². The van der Waals surface area contributed by atoms with E-state index in [2.05, 4.69) is 22.9 Å². The van der Waals surface area contributed by atoms with Gasteiger partial charge in [-0.15, -0.1) is 0 Å². The molecule has 2 fully saturated rings. The van der Waals surface area contributed by atoms with Crippen molar-refractivity contribution < 1.29 is 4.74 Å². The lowest BCUT2D eigenvalue weighted by Crippen LogP contribution is -2.36. The van der Waals surface area contributed by atoms with Crippen molar-refractivity contribution in [2.75, 3.05) is 33.0 Å². The number of hydrogen-bond donors (Lipinski definition) is 1. The third kappa shape index (κ3) is 2.63. The van der Waals surface area contributed by atoms with Crippen molar-refractivity contribution >= 4 is 5.69 Å². The molecule has 2 unspecified atom stereocenters. The lowest BCUT2D eigenvalue weighted by Gasteiger charge is -2.26. The number of methoxy groups -OCH3 is 1. The summed E-state index contributed by atoms with van der Waals surface area (Å²) >= 11 is 0. The normalized spacial score (nSPS) is 27.5. The zero-order valence-electron chi connectivity index (χ0n) is 12.5. The Hall–Kier alpha value is -1.26. The van der Waals surface area contributed by atoms with Gasteiger partial charge < -0.3 is 10.5 Å². The van der Waals surface area contributed by atoms with Crippen LogP contribution in [-0.4, -0.2) is 49.1 Å². The Morgan fingerprint density at radius 3 is 2.85 bits per heavy atom. The van der Waals surface area contributed by atoms with E-state index >= 15 is 0 Å². The minimum atomic E-state index is 0.724. The van der Waals surface area contributed by atoms with E-state index in [1.54, 1.807) is 7.11 Å². The first-order valence-electron chi connectivity index (χ1n) is 7.54. The number of nitrogen functional groups attached to an aromatic ring is 1. The van der Waals surface area contributed by atoms with Crippen LogP contribution in [0.3, 0.4) is 0 Å². The molecule has 2 saturated heterocycles. The van der Waals surface area contributed by atoms with Gasteiger partial charge in [0.2, 0.25) is 0 Å². The van der Waals surface area contributed by atoms with Crippen LogP contribution in [0.25, 0.3) is 0 Å². The average Bonchev–Trinajstić information content (AvgIpc) is 2.68. The molecule has 0 spiro atoms. The van der Waals surface area contributed by atoms with Crippen molar-refractivity contribution in [3.05, 3.63) is 23.8 Å². The van der Waals surface area contributed by atoms with Crippen LogP contribution >= 0.6 is 0 Å². The summed E-state index contributed by atoms with van der Waals surface area (Å²) in [6.45, 7) is 3.31. The fourth-order valence-corrected chi connectivity index (χ4v) is 3.66. The zero-order chi connectivity index (χ0) is 14.1. The Labute approximate surface area is 121 Å².